The zero-order valence-corrected chi connectivity index (χ0v) is 11.0. The quantitative estimate of drug-likeness (QED) is 0.588. The van der Waals surface area contributed by atoms with E-state index < -0.39 is 4.92 Å². The number of ether oxygens (including phenoxy) is 1. The van der Waals surface area contributed by atoms with Crippen LogP contribution in [-0.2, 0) is 6.54 Å². The number of fused-ring (bicyclic) bond motifs is 1. The van der Waals surface area contributed by atoms with E-state index in [1.54, 1.807) is 35.8 Å². The summed E-state index contributed by atoms with van der Waals surface area (Å²) in [6.45, 7) is 0.431. The van der Waals surface area contributed by atoms with Crippen LogP contribution in [0, 0.1) is 10.1 Å². The summed E-state index contributed by atoms with van der Waals surface area (Å²) in [7, 11) is 0. The minimum absolute atomic E-state index is 0.0117. The summed E-state index contributed by atoms with van der Waals surface area (Å²) in [6, 6.07) is 7.03. The number of hydrogen-bond acceptors (Lipinski definition) is 6. The largest absolute Gasteiger partial charge is 0.433 e. The summed E-state index contributed by atoms with van der Waals surface area (Å²) in [5.41, 5.74) is 6.47. The number of thiazole rings is 1. The predicted octanol–water partition coefficient (Wildman–Crippen LogP) is 2.56. The zero-order chi connectivity index (χ0) is 14.1. The number of rotatable bonds is 4. The van der Waals surface area contributed by atoms with Crippen LogP contribution in [0.2, 0.25) is 0 Å². The normalized spacial score (nSPS) is 10.8. The Morgan fingerprint density at radius 2 is 2.15 bits per heavy atom. The Labute approximate surface area is 117 Å². The van der Waals surface area contributed by atoms with Gasteiger partial charge in [-0.1, -0.05) is 23.5 Å². The smallest absolute Gasteiger partial charge is 0.393 e. The van der Waals surface area contributed by atoms with Gasteiger partial charge in [-0.25, -0.2) is 0 Å². The number of imidazole rings is 1. The van der Waals surface area contributed by atoms with E-state index in [2.05, 4.69) is 4.98 Å². The molecule has 3 aromatic rings. The summed E-state index contributed by atoms with van der Waals surface area (Å²) < 4.78 is 6.90. The molecule has 0 radical (unpaired) electrons. The van der Waals surface area contributed by atoms with Gasteiger partial charge in [0.05, 0.1) is 0 Å². The fourth-order valence-electron chi connectivity index (χ4n) is 1.79. The molecule has 0 saturated carbocycles. The number of benzene rings is 1. The van der Waals surface area contributed by atoms with Gasteiger partial charge < -0.3 is 20.6 Å². The third kappa shape index (κ3) is 2.10. The van der Waals surface area contributed by atoms with Gasteiger partial charge in [0.2, 0.25) is 0 Å². The molecule has 0 saturated heterocycles. The fraction of sp³-hybridized carbons (Fsp3) is 0.0833. The lowest BCUT2D eigenvalue weighted by molar-refractivity contribution is -0.391. The molecule has 0 aliphatic heterocycles. The highest BCUT2D eigenvalue weighted by Crippen LogP contribution is 2.33. The maximum Gasteiger partial charge on any atom is 0.393 e. The Hall–Kier alpha value is -2.45. The van der Waals surface area contributed by atoms with E-state index in [0.29, 0.717) is 17.3 Å². The zero-order valence-electron chi connectivity index (χ0n) is 10.2. The van der Waals surface area contributed by atoms with Gasteiger partial charge in [0, 0.05) is 11.9 Å². The van der Waals surface area contributed by atoms with Gasteiger partial charge >= 0.3 is 11.7 Å². The Morgan fingerprint density at radius 1 is 1.40 bits per heavy atom. The molecule has 0 fully saturated rings. The number of nitrogens with two attached hydrogens (primary N) is 1. The van der Waals surface area contributed by atoms with E-state index in [-0.39, 0.29) is 11.7 Å². The van der Waals surface area contributed by atoms with Gasteiger partial charge in [-0.2, -0.15) is 9.38 Å². The van der Waals surface area contributed by atoms with Crippen LogP contribution in [0.25, 0.3) is 4.96 Å². The molecule has 2 N–H and O–H groups in total. The van der Waals surface area contributed by atoms with Crippen LogP contribution in [0.4, 0.5) is 5.82 Å². The first-order valence-electron chi connectivity index (χ1n) is 5.76. The molecule has 0 amide bonds. The minimum Gasteiger partial charge on any atom is -0.433 e. The van der Waals surface area contributed by atoms with E-state index >= 15 is 0 Å². The highest BCUT2D eigenvalue weighted by molar-refractivity contribution is 7.15. The van der Waals surface area contributed by atoms with Crippen LogP contribution >= 0.6 is 11.3 Å². The van der Waals surface area contributed by atoms with E-state index in [1.165, 1.54) is 15.7 Å². The van der Waals surface area contributed by atoms with Crippen molar-refractivity contribution >= 4 is 22.1 Å². The van der Waals surface area contributed by atoms with E-state index in [4.69, 9.17) is 10.5 Å². The summed E-state index contributed by atoms with van der Waals surface area (Å²) in [6.07, 6.45) is 1.59. The molecule has 7 nitrogen and oxygen atoms in total. The molecule has 1 aromatic carbocycles. The van der Waals surface area contributed by atoms with Crippen molar-refractivity contribution in [1.29, 1.82) is 0 Å². The molecule has 20 heavy (non-hydrogen) atoms. The average Bonchev–Trinajstić information content (AvgIpc) is 2.99. The lowest BCUT2D eigenvalue weighted by Crippen LogP contribution is -1.97. The molecule has 0 unspecified atom stereocenters. The maximum atomic E-state index is 11.1. The lowest BCUT2D eigenvalue weighted by atomic mass is 10.2. The Balaban J connectivity index is 1.98. The average molecular weight is 290 g/mol. The van der Waals surface area contributed by atoms with Crippen molar-refractivity contribution in [3.05, 3.63) is 51.5 Å². The molecule has 0 bridgehead atoms. The van der Waals surface area contributed by atoms with Gasteiger partial charge in [0.15, 0.2) is 0 Å². The number of aromatic nitrogens is 2. The van der Waals surface area contributed by atoms with E-state index in [9.17, 15) is 10.1 Å². The minimum atomic E-state index is -0.504. The molecule has 0 spiro atoms. The summed E-state index contributed by atoms with van der Waals surface area (Å²) in [5, 5.41) is 12.9. The summed E-state index contributed by atoms with van der Waals surface area (Å²) in [5.74, 6) is 0.294. The maximum absolute atomic E-state index is 11.1. The first kappa shape index (κ1) is 12.6. The van der Waals surface area contributed by atoms with Gasteiger partial charge in [-0.05, 0) is 22.6 Å². The van der Waals surface area contributed by atoms with Crippen LogP contribution in [-0.4, -0.2) is 14.3 Å². The Kier molecular flexibility index (Phi) is 3.09. The van der Waals surface area contributed by atoms with Gasteiger partial charge in [0.1, 0.15) is 11.9 Å². The van der Waals surface area contributed by atoms with Gasteiger partial charge in [-0.3, -0.25) is 0 Å². The second kappa shape index (κ2) is 4.91. The van der Waals surface area contributed by atoms with Crippen molar-refractivity contribution in [3.8, 4) is 11.6 Å². The van der Waals surface area contributed by atoms with Gasteiger partial charge in [0.25, 0.3) is 4.96 Å². The van der Waals surface area contributed by atoms with Gasteiger partial charge in [-0.15, -0.1) is 0 Å². The molecule has 3 rings (SSSR count). The van der Waals surface area contributed by atoms with Crippen molar-refractivity contribution in [2.45, 2.75) is 6.54 Å². The molecule has 102 valence electrons. The van der Waals surface area contributed by atoms with Crippen LogP contribution in [0.3, 0.4) is 0 Å². The SMILES string of the molecule is NCc1ccc(Oc2nc3sccn3c2[N+](=O)[O-])cc1. The van der Waals surface area contributed by atoms with Crippen molar-refractivity contribution < 1.29 is 9.66 Å². The van der Waals surface area contributed by atoms with Crippen LogP contribution in [0.15, 0.2) is 35.8 Å². The fourth-order valence-corrected chi connectivity index (χ4v) is 2.49. The Morgan fingerprint density at radius 3 is 2.80 bits per heavy atom. The third-order valence-electron chi connectivity index (χ3n) is 2.75. The van der Waals surface area contributed by atoms with Crippen molar-refractivity contribution in [2.24, 2.45) is 5.73 Å². The van der Waals surface area contributed by atoms with E-state index in [1.807, 2.05) is 0 Å². The molecule has 8 heteroatoms. The number of nitrogens with zero attached hydrogens (tertiary/aromatic N) is 3. The topological polar surface area (TPSA) is 95.7 Å². The molecule has 0 atom stereocenters. The van der Waals surface area contributed by atoms with Crippen molar-refractivity contribution in [2.75, 3.05) is 0 Å². The second-order valence-corrected chi connectivity index (χ2v) is 4.88. The number of nitro groups is 1. The van der Waals surface area contributed by atoms with Crippen LogP contribution in [0.1, 0.15) is 5.56 Å². The first-order chi connectivity index (χ1) is 9.69. The van der Waals surface area contributed by atoms with Crippen LogP contribution < -0.4 is 10.5 Å². The van der Waals surface area contributed by atoms with Crippen molar-refractivity contribution in [1.82, 2.24) is 9.38 Å². The highest BCUT2D eigenvalue weighted by Gasteiger charge is 2.25. The molecule has 0 aliphatic rings. The molecular formula is C12H10N4O3S. The van der Waals surface area contributed by atoms with Crippen LogP contribution in [0.5, 0.6) is 11.6 Å². The first-order valence-corrected chi connectivity index (χ1v) is 6.64. The summed E-state index contributed by atoms with van der Waals surface area (Å²) >= 11 is 1.31. The van der Waals surface area contributed by atoms with Crippen molar-refractivity contribution in [3.63, 3.8) is 0 Å². The monoisotopic (exact) mass is 290 g/mol. The third-order valence-corrected chi connectivity index (χ3v) is 3.51. The molecule has 2 aromatic heterocycles. The van der Waals surface area contributed by atoms with E-state index in [0.717, 1.165) is 5.56 Å². The highest BCUT2D eigenvalue weighted by atomic mass is 32.1. The second-order valence-electron chi connectivity index (χ2n) is 4.00. The molecule has 0 aliphatic carbocycles. The summed E-state index contributed by atoms with van der Waals surface area (Å²) in [4.78, 5) is 15.3. The Bertz CT molecular complexity index is 763. The molecule has 2 heterocycles. The predicted molar refractivity (Wildman–Crippen MR) is 74.1 cm³/mol. The number of hydrogen-bond donors (Lipinski definition) is 1. The molecular weight excluding hydrogens is 280 g/mol. The standard InChI is InChI=1S/C12H10N4O3S/c13-7-8-1-3-9(4-2-8)19-10-11(16(17)18)15-5-6-20-12(15)14-10/h1-6H,7,13H2. The lowest BCUT2D eigenvalue weighted by Gasteiger charge is -2.03.